The van der Waals surface area contributed by atoms with E-state index >= 15 is 0 Å². The highest BCUT2D eigenvalue weighted by atomic mass is 32.2. The molecule has 1 saturated carbocycles. The summed E-state index contributed by atoms with van der Waals surface area (Å²) in [5.41, 5.74) is 0.955. The number of allylic oxidation sites excluding steroid dienone is 2. The molecule has 152 valence electrons. The van der Waals surface area contributed by atoms with Gasteiger partial charge in [-0.25, -0.2) is 13.8 Å². The Hall–Kier alpha value is -1.54. The number of alkyl halides is 1. The van der Waals surface area contributed by atoms with Crippen LogP contribution in [-0.2, 0) is 4.79 Å². The Bertz CT molecular complexity index is 757. The number of likely N-dealkylation sites (tertiary alicyclic amines) is 1. The molecule has 1 N–H and O–H groups in total. The van der Waals surface area contributed by atoms with E-state index in [0.29, 0.717) is 29.5 Å². The third-order valence-electron chi connectivity index (χ3n) is 5.72. The third-order valence-corrected chi connectivity index (χ3v) is 7.12. The highest BCUT2D eigenvalue weighted by Crippen LogP contribution is 2.32. The van der Waals surface area contributed by atoms with Crippen molar-refractivity contribution in [3.8, 4) is 0 Å². The highest BCUT2D eigenvalue weighted by molar-refractivity contribution is 8.00. The fourth-order valence-electron chi connectivity index (χ4n) is 4.19. The van der Waals surface area contributed by atoms with Crippen LogP contribution in [0.25, 0.3) is 0 Å². The van der Waals surface area contributed by atoms with Crippen LogP contribution in [0.2, 0.25) is 0 Å². The Balaban J connectivity index is 1.47. The number of carbonyl (C=O) groups excluding carboxylic acids is 1. The Morgan fingerprint density at radius 2 is 2.11 bits per heavy atom. The number of aliphatic imine (C=N–C) groups is 2. The van der Waals surface area contributed by atoms with Gasteiger partial charge in [-0.2, -0.15) is 0 Å². The van der Waals surface area contributed by atoms with Crippen LogP contribution >= 0.6 is 11.8 Å². The minimum atomic E-state index is -0.992. The summed E-state index contributed by atoms with van der Waals surface area (Å²) in [5.74, 6) is -1.04. The lowest BCUT2D eigenvalue weighted by Gasteiger charge is -2.32. The maximum atomic E-state index is 14.5. The van der Waals surface area contributed by atoms with Gasteiger partial charge in [0.05, 0.1) is 23.2 Å². The molecule has 2 aliphatic carbocycles. The first-order valence-electron chi connectivity index (χ1n) is 9.98. The molecule has 0 bridgehead atoms. The lowest BCUT2D eigenvalue weighted by molar-refractivity contribution is -0.122. The lowest BCUT2D eigenvalue weighted by atomic mass is 9.94. The van der Waals surface area contributed by atoms with Crippen molar-refractivity contribution in [2.24, 2.45) is 15.9 Å². The SMILES string of the molecule is CN1CC[C@@H](SCC2=NC3=CC(=NC4CCCC4)C=C(F)C3C(=O)N2)[C@@H](F)C1. The summed E-state index contributed by atoms with van der Waals surface area (Å²) < 4.78 is 28.8. The highest BCUT2D eigenvalue weighted by Gasteiger charge is 2.36. The number of piperidine rings is 1. The summed E-state index contributed by atoms with van der Waals surface area (Å²) in [6.07, 6.45) is 7.32. The number of nitrogens with zero attached hydrogens (tertiary/aromatic N) is 3. The lowest BCUT2D eigenvalue weighted by Crippen LogP contribution is -2.44. The number of fused-ring (bicyclic) bond motifs is 1. The van der Waals surface area contributed by atoms with Crippen LogP contribution in [0.3, 0.4) is 0 Å². The maximum Gasteiger partial charge on any atom is 0.241 e. The molecule has 4 aliphatic rings. The van der Waals surface area contributed by atoms with Crippen molar-refractivity contribution in [3.05, 3.63) is 23.7 Å². The van der Waals surface area contributed by atoms with Gasteiger partial charge in [-0.15, -0.1) is 11.8 Å². The average Bonchev–Trinajstić information content (AvgIpc) is 3.13. The number of amides is 1. The van der Waals surface area contributed by atoms with Gasteiger partial charge in [0.2, 0.25) is 5.91 Å². The molecule has 3 atom stereocenters. The van der Waals surface area contributed by atoms with E-state index < -0.39 is 23.8 Å². The predicted molar refractivity (Wildman–Crippen MR) is 109 cm³/mol. The molecule has 4 rings (SSSR count). The zero-order chi connectivity index (χ0) is 19.7. The van der Waals surface area contributed by atoms with Gasteiger partial charge in [0, 0.05) is 11.8 Å². The van der Waals surface area contributed by atoms with Crippen LogP contribution in [0, 0.1) is 5.92 Å². The van der Waals surface area contributed by atoms with Crippen LogP contribution in [0.1, 0.15) is 32.1 Å². The Morgan fingerprint density at radius 3 is 2.86 bits per heavy atom. The molecule has 5 nitrogen and oxygen atoms in total. The number of hydrogen-bond donors (Lipinski definition) is 1. The molecule has 0 radical (unpaired) electrons. The first-order valence-corrected chi connectivity index (χ1v) is 11.0. The summed E-state index contributed by atoms with van der Waals surface area (Å²) in [5, 5.41) is 2.59. The smallest absolute Gasteiger partial charge is 0.241 e. The first kappa shape index (κ1) is 19.8. The van der Waals surface area contributed by atoms with Crippen molar-refractivity contribution in [2.45, 2.75) is 49.6 Å². The quantitative estimate of drug-likeness (QED) is 0.778. The fraction of sp³-hybridized carbons (Fsp3) is 0.650. The van der Waals surface area contributed by atoms with Gasteiger partial charge in [-0.3, -0.25) is 9.79 Å². The van der Waals surface area contributed by atoms with Crippen LogP contribution < -0.4 is 5.32 Å². The van der Waals surface area contributed by atoms with Crippen molar-refractivity contribution in [1.29, 1.82) is 0 Å². The molecular weight excluding hydrogens is 382 g/mol. The van der Waals surface area contributed by atoms with Crippen LogP contribution in [0.5, 0.6) is 0 Å². The summed E-state index contributed by atoms with van der Waals surface area (Å²) in [7, 11) is 1.92. The van der Waals surface area contributed by atoms with Gasteiger partial charge in [0.1, 0.15) is 23.8 Å². The van der Waals surface area contributed by atoms with Gasteiger partial charge in [-0.1, -0.05) is 12.8 Å². The average molecular weight is 409 g/mol. The van der Waals surface area contributed by atoms with E-state index in [1.54, 1.807) is 6.08 Å². The molecule has 8 heteroatoms. The second-order valence-corrected chi connectivity index (χ2v) is 9.22. The molecule has 2 fully saturated rings. The number of rotatable bonds is 4. The van der Waals surface area contributed by atoms with Gasteiger partial charge in [-0.05, 0) is 45.0 Å². The van der Waals surface area contributed by atoms with Gasteiger partial charge in [0.15, 0.2) is 0 Å². The van der Waals surface area contributed by atoms with Crippen molar-refractivity contribution in [2.75, 3.05) is 25.9 Å². The molecule has 1 amide bonds. The summed E-state index contributed by atoms with van der Waals surface area (Å²) in [6.45, 7) is 1.29. The fourth-order valence-corrected chi connectivity index (χ4v) is 5.27. The second-order valence-electron chi connectivity index (χ2n) is 7.99. The van der Waals surface area contributed by atoms with E-state index in [4.69, 9.17) is 0 Å². The summed E-state index contributed by atoms with van der Waals surface area (Å²) in [6, 6.07) is 0.231. The maximum absolute atomic E-state index is 14.5. The Kier molecular flexibility index (Phi) is 5.96. The van der Waals surface area contributed by atoms with Crippen molar-refractivity contribution in [3.63, 3.8) is 0 Å². The van der Waals surface area contributed by atoms with Gasteiger partial charge >= 0.3 is 0 Å². The Labute approximate surface area is 168 Å². The largest absolute Gasteiger partial charge is 0.313 e. The molecule has 2 aliphatic heterocycles. The van der Waals surface area contributed by atoms with Crippen molar-refractivity contribution < 1.29 is 13.6 Å². The molecule has 0 spiro atoms. The van der Waals surface area contributed by atoms with Crippen molar-refractivity contribution >= 4 is 29.2 Å². The van der Waals surface area contributed by atoms with E-state index in [1.165, 1.54) is 17.8 Å². The number of nitrogens with one attached hydrogen (secondary N) is 1. The standard InChI is InChI=1S/C20H26F2N4OS/c1-26-7-6-17(15(22)10-26)28-11-18-24-16-9-13(23-12-4-2-3-5-12)8-14(21)19(16)20(27)25-18/h8-9,12,15,17,19H,2-7,10-11H2,1H3,(H,24,25,27)/t15-,17+,19?/m0/s1. The molecule has 1 unspecified atom stereocenters. The molecule has 2 heterocycles. The van der Waals surface area contributed by atoms with E-state index in [9.17, 15) is 13.6 Å². The number of carbonyl (C=O) groups is 1. The molecule has 0 aromatic rings. The first-order chi connectivity index (χ1) is 13.5. The van der Waals surface area contributed by atoms with Crippen LogP contribution in [0.15, 0.2) is 33.7 Å². The normalized spacial score (nSPS) is 33.2. The number of halogens is 2. The Morgan fingerprint density at radius 1 is 1.32 bits per heavy atom. The number of thioether (sulfide) groups is 1. The number of hydrogen-bond acceptors (Lipinski definition) is 5. The molecule has 0 aromatic carbocycles. The van der Waals surface area contributed by atoms with Gasteiger partial charge in [0.25, 0.3) is 0 Å². The van der Waals surface area contributed by atoms with Crippen molar-refractivity contribution in [1.82, 2.24) is 10.2 Å². The summed E-state index contributed by atoms with van der Waals surface area (Å²) in [4.78, 5) is 23.5. The minimum absolute atomic E-state index is 0.106. The van der Waals surface area contributed by atoms with Crippen LogP contribution in [-0.4, -0.2) is 65.7 Å². The zero-order valence-corrected chi connectivity index (χ0v) is 16.9. The predicted octanol–water partition coefficient (Wildman–Crippen LogP) is 3.04. The topological polar surface area (TPSA) is 57.1 Å². The van der Waals surface area contributed by atoms with E-state index in [-0.39, 0.29) is 11.3 Å². The molecular formula is C20H26F2N4OS. The van der Waals surface area contributed by atoms with Crippen LogP contribution in [0.4, 0.5) is 8.78 Å². The van der Waals surface area contributed by atoms with Gasteiger partial charge < -0.3 is 10.2 Å². The third kappa shape index (κ3) is 4.38. The monoisotopic (exact) mass is 408 g/mol. The molecule has 1 saturated heterocycles. The summed E-state index contributed by atoms with van der Waals surface area (Å²) >= 11 is 1.47. The number of amidine groups is 1. The minimum Gasteiger partial charge on any atom is -0.313 e. The van der Waals surface area contributed by atoms with E-state index in [0.717, 1.165) is 38.6 Å². The molecule has 0 aromatic heterocycles. The zero-order valence-electron chi connectivity index (χ0n) is 16.0. The second kappa shape index (κ2) is 8.45. The molecule has 28 heavy (non-hydrogen) atoms. The van der Waals surface area contributed by atoms with E-state index in [1.807, 2.05) is 11.9 Å². The van der Waals surface area contributed by atoms with E-state index in [2.05, 4.69) is 15.3 Å².